The molecule has 0 atom stereocenters. The molecular weight excluding hydrogens is 410 g/mol. The molecule has 4 rings (SSSR count). The minimum atomic E-state index is -0.437. The molecule has 0 saturated carbocycles. The van der Waals surface area contributed by atoms with Crippen LogP contribution in [0.25, 0.3) is 10.9 Å². The standard InChI is InChI=1S/C18H13ClF2N4S2/c19-12-5-16(27-25-17-8-26-9-24-17)14(21)6-15(12)23-7-11-13(20)2-1-10-3-4-22-18(10)11/h1-6,8-9,22-23,25H,7H2. The fourth-order valence-corrected chi connectivity index (χ4v) is 4.15. The zero-order valence-corrected chi connectivity index (χ0v) is 16.1. The Morgan fingerprint density at radius 3 is 2.89 bits per heavy atom. The molecule has 2 aromatic carbocycles. The number of nitrogens with zero attached hydrogens (tertiary/aromatic N) is 1. The van der Waals surface area contributed by atoms with Crippen molar-refractivity contribution >= 4 is 57.3 Å². The number of aromatic nitrogens is 2. The number of anilines is 2. The van der Waals surface area contributed by atoms with Gasteiger partial charge in [-0.3, -0.25) is 0 Å². The second kappa shape index (κ2) is 7.75. The summed E-state index contributed by atoms with van der Waals surface area (Å²) in [7, 11) is 0. The number of benzene rings is 2. The van der Waals surface area contributed by atoms with Crippen molar-refractivity contribution in [1.29, 1.82) is 0 Å². The molecule has 0 saturated heterocycles. The molecule has 0 bridgehead atoms. The number of halogens is 3. The maximum atomic E-state index is 14.4. The van der Waals surface area contributed by atoms with Crippen LogP contribution in [0.5, 0.6) is 0 Å². The molecule has 138 valence electrons. The Bertz CT molecular complexity index is 1080. The third-order valence-electron chi connectivity index (χ3n) is 3.95. The van der Waals surface area contributed by atoms with E-state index in [9.17, 15) is 8.78 Å². The first-order valence-corrected chi connectivity index (χ1v) is 10.0. The van der Waals surface area contributed by atoms with E-state index in [-0.39, 0.29) is 12.4 Å². The fourth-order valence-electron chi connectivity index (χ4n) is 2.63. The quantitative estimate of drug-likeness (QED) is 0.320. The van der Waals surface area contributed by atoms with Gasteiger partial charge in [-0.2, -0.15) is 0 Å². The van der Waals surface area contributed by atoms with E-state index < -0.39 is 5.82 Å². The molecule has 3 N–H and O–H groups in total. The molecule has 2 aromatic heterocycles. The first kappa shape index (κ1) is 18.1. The van der Waals surface area contributed by atoms with Gasteiger partial charge >= 0.3 is 0 Å². The van der Waals surface area contributed by atoms with Crippen LogP contribution in [0, 0.1) is 11.6 Å². The summed E-state index contributed by atoms with van der Waals surface area (Å²) in [5.41, 5.74) is 3.26. The minimum absolute atomic E-state index is 0.173. The third-order valence-corrected chi connectivity index (χ3v) is 5.70. The third kappa shape index (κ3) is 3.87. The predicted molar refractivity (Wildman–Crippen MR) is 109 cm³/mol. The molecular formula is C18H13ClF2N4S2. The normalized spacial score (nSPS) is 11.1. The van der Waals surface area contributed by atoms with Gasteiger partial charge < -0.3 is 15.0 Å². The van der Waals surface area contributed by atoms with Crippen molar-refractivity contribution in [2.45, 2.75) is 11.4 Å². The summed E-state index contributed by atoms with van der Waals surface area (Å²) in [6.07, 6.45) is 1.75. The number of rotatable bonds is 6. The van der Waals surface area contributed by atoms with Gasteiger partial charge in [0, 0.05) is 23.7 Å². The SMILES string of the molecule is Fc1cc(NCc2c(F)ccc3cc[nH]c23)c(Cl)cc1SNc1cscn1. The molecule has 0 aliphatic rings. The lowest BCUT2D eigenvalue weighted by Crippen LogP contribution is -2.04. The molecule has 27 heavy (non-hydrogen) atoms. The van der Waals surface area contributed by atoms with Gasteiger partial charge in [-0.05, 0) is 47.7 Å². The van der Waals surface area contributed by atoms with E-state index in [1.807, 2.05) is 11.4 Å². The van der Waals surface area contributed by atoms with E-state index in [2.05, 4.69) is 20.0 Å². The highest BCUT2D eigenvalue weighted by molar-refractivity contribution is 8.00. The molecule has 0 unspecified atom stereocenters. The highest BCUT2D eigenvalue weighted by atomic mass is 35.5. The average molecular weight is 423 g/mol. The van der Waals surface area contributed by atoms with E-state index in [1.54, 1.807) is 17.8 Å². The second-order valence-corrected chi connectivity index (χ2v) is 7.64. The van der Waals surface area contributed by atoms with Crippen LogP contribution < -0.4 is 10.0 Å². The molecule has 0 amide bonds. The van der Waals surface area contributed by atoms with E-state index in [1.165, 1.54) is 29.5 Å². The number of nitrogens with one attached hydrogen (secondary N) is 3. The van der Waals surface area contributed by atoms with Gasteiger partial charge in [0.1, 0.15) is 17.5 Å². The molecule has 9 heteroatoms. The van der Waals surface area contributed by atoms with E-state index in [0.717, 1.165) is 17.3 Å². The first-order valence-electron chi connectivity index (χ1n) is 7.90. The fraction of sp³-hybridized carbons (Fsp3) is 0.0556. The van der Waals surface area contributed by atoms with Gasteiger partial charge in [-0.1, -0.05) is 11.6 Å². The Balaban J connectivity index is 1.51. The molecule has 0 spiro atoms. The molecule has 4 aromatic rings. The molecule has 0 fully saturated rings. The van der Waals surface area contributed by atoms with Crippen molar-refractivity contribution in [3.05, 3.63) is 69.6 Å². The number of H-pyrrole nitrogens is 1. The van der Waals surface area contributed by atoms with Crippen LogP contribution in [0.2, 0.25) is 5.02 Å². The van der Waals surface area contributed by atoms with Crippen LogP contribution in [0.15, 0.2) is 52.3 Å². The Labute approximate surface area is 167 Å². The van der Waals surface area contributed by atoms with Crippen molar-refractivity contribution in [1.82, 2.24) is 9.97 Å². The molecule has 4 nitrogen and oxygen atoms in total. The summed E-state index contributed by atoms with van der Waals surface area (Å²) in [6, 6.07) is 7.82. The van der Waals surface area contributed by atoms with Gasteiger partial charge in [0.15, 0.2) is 0 Å². The molecule has 2 heterocycles. The number of fused-ring (bicyclic) bond motifs is 1. The van der Waals surface area contributed by atoms with E-state index in [0.29, 0.717) is 32.5 Å². The van der Waals surface area contributed by atoms with Crippen LogP contribution >= 0.6 is 34.9 Å². The highest BCUT2D eigenvalue weighted by Crippen LogP contribution is 2.32. The van der Waals surface area contributed by atoms with E-state index in [4.69, 9.17) is 11.6 Å². The van der Waals surface area contributed by atoms with Gasteiger partial charge in [0.05, 0.1) is 26.6 Å². The maximum Gasteiger partial charge on any atom is 0.147 e. The van der Waals surface area contributed by atoms with Crippen molar-refractivity contribution in [3.8, 4) is 0 Å². The van der Waals surface area contributed by atoms with Gasteiger partial charge in [0.2, 0.25) is 0 Å². The summed E-state index contributed by atoms with van der Waals surface area (Å²) in [5, 5.41) is 6.09. The summed E-state index contributed by atoms with van der Waals surface area (Å²) < 4.78 is 31.6. The maximum absolute atomic E-state index is 14.4. The van der Waals surface area contributed by atoms with Crippen molar-refractivity contribution < 1.29 is 8.78 Å². The zero-order chi connectivity index (χ0) is 18.8. The Morgan fingerprint density at radius 1 is 1.19 bits per heavy atom. The largest absolute Gasteiger partial charge is 0.379 e. The van der Waals surface area contributed by atoms with Crippen molar-refractivity contribution in [2.24, 2.45) is 0 Å². The number of hydrogen-bond donors (Lipinski definition) is 3. The van der Waals surface area contributed by atoms with E-state index >= 15 is 0 Å². The Morgan fingerprint density at radius 2 is 2.07 bits per heavy atom. The van der Waals surface area contributed by atoms with Crippen LogP contribution in [-0.4, -0.2) is 9.97 Å². The smallest absolute Gasteiger partial charge is 0.147 e. The molecule has 0 aliphatic carbocycles. The second-order valence-electron chi connectivity index (χ2n) is 5.66. The zero-order valence-electron chi connectivity index (χ0n) is 13.7. The number of thiazole rings is 1. The van der Waals surface area contributed by atoms with Crippen LogP contribution in [0.1, 0.15) is 5.56 Å². The summed E-state index contributed by atoms with van der Waals surface area (Å²) >= 11 is 8.81. The van der Waals surface area contributed by atoms with Crippen LogP contribution in [0.3, 0.4) is 0 Å². The van der Waals surface area contributed by atoms with Crippen LogP contribution in [0.4, 0.5) is 20.3 Å². The van der Waals surface area contributed by atoms with Crippen LogP contribution in [-0.2, 0) is 6.54 Å². The Hall–Kier alpha value is -2.29. The lowest BCUT2D eigenvalue weighted by molar-refractivity contribution is 0.602. The monoisotopic (exact) mass is 422 g/mol. The van der Waals surface area contributed by atoms with Crippen molar-refractivity contribution in [3.63, 3.8) is 0 Å². The summed E-state index contributed by atoms with van der Waals surface area (Å²) in [5.74, 6) is -0.126. The van der Waals surface area contributed by atoms with Gasteiger partial charge in [-0.15, -0.1) is 11.3 Å². The number of aromatic amines is 1. The topological polar surface area (TPSA) is 52.7 Å². The average Bonchev–Trinajstić information content (AvgIpc) is 3.33. The van der Waals surface area contributed by atoms with Crippen molar-refractivity contribution in [2.75, 3.05) is 10.0 Å². The molecule has 0 aliphatic heterocycles. The summed E-state index contributed by atoms with van der Waals surface area (Å²) in [6.45, 7) is 0.173. The highest BCUT2D eigenvalue weighted by Gasteiger charge is 2.13. The Kier molecular flexibility index (Phi) is 5.20. The lowest BCUT2D eigenvalue weighted by Gasteiger charge is -2.12. The first-order chi connectivity index (χ1) is 13.1. The summed E-state index contributed by atoms with van der Waals surface area (Å²) in [4.78, 5) is 7.44. The molecule has 0 radical (unpaired) electrons. The predicted octanol–water partition coefficient (Wildman–Crippen LogP) is 6.29. The minimum Gasteiger partial charge on any atom is -0.379 e. The van der Waals surface area contributed by atoms with Gasteiger partial charge in [-0.25, -0.2) is 13.8 Å². The lowest BCUT2D eigenvalue weighted by atomic mass is 10.1. The number of hydrogen-bond acceptors (Lipinski definition) is 5. The van der Waals surface area contributed by atoms with Gasteiger partial charge in [0.25, 0.3) is 0 Å².